The molecule has 3 rings (SSSR count). The van der Waals surface area contributed by atoms with Crippen LogP contribution in [-0.4, -0.2) is 56.1 Å². The van der Waals surface area contributed by atoms with Crippen LogP contribution in [0.3, 0.4) is 0 Å². The normalized spacial score (nSPS) is 30.8. The second kappa shape index (κ2) is 5.09. The highest BCUT2D eigenvalue weighted by Crippen LogP contribution is 2.39. The maximum atomic E-state index is 10.3. The number of nitrogens with zero attached hydrogens (tertiary/aromatic N) is 3. The quantitative estimate of drug-likeness (QED) is 0.845. The molecule has 2 aliphatic rings. The van der Waals surface area contributed by atoms with Crippen LogP contribution >= 0.6 is 0 Å². The number of ether oxygens (including phenoxy) is 1. The Bertz CT molecular complexity index is 463. The smallest absolute Gasteiger partial charge is 0.164 e. The Hall–Kier alpha value is -0.980. The number of rotatable bonds is 2. The second-order valence-electron chi connectivity index (χ2n) is 6.57. The van der Waals surface area contributed by atoms with E-state index in [1.807, 2.05) is 13.8 Å². The Morgan fingerprint density at radius 2 is 2.10 bits per heavy atom. The average molecular weight is 280 g/mol. The first-order valence-corrected chi connectivity index (χ1v) is 7.43. The average Bonchev–Trinajstić information content (AvgIpc) is 2.77. The van der Waals surface area contributed by atoms with Crippen LogP contribution in [0.15, 0.2) is 0 Å². The van der Waals surface area contributed by atoms with E-state index in [0.717, 1.165) is 57.0 Å². The van der Waals surface area contributed by atoms with Gasteiger partial charge in [-0.3, -0.25) is 10.00 Å². The van der Waals surface area contributed by atoms with Gasteiger partial charge in [0.05, 0.1) is 24.4 Å². The standard InChI is InChI=1S/C14H24N4O2/c1-11-15-12(17-16-11)9-18-6-3-14(4-7-18)10-13(2,19)5-8-20-14/h19H,3-10H2,1-2H3,(H,15,16,17). The molecule has 0 aliphatic carbocycles. The van der Waals surface area contributed by atoms with E-state index >= 15 is 0 Å². The topological polar surface area (TPSA) is 74.3 Å². The Labute approximate surface area is 119 Å². The molecule has 1 spiro atoms. The van der Waals surface area contributed by atoms with E-state index in [4.69, 9.17) is 4.74 Å². The number of hydrogen-bond acceptors (Lipinski definition) is 5. The molecular formula is C14H24N4O2. The first kappa shape index (κ1) is 14.0. The van der Waals surface area contributed by atoms with Crippen LogP contribution in [0.25, 0.3) is 0 Å². The highest BCUT2D eigenvalue weighted by molar-refractivity contribution is 4.97. The summed E-state index contributed by atoms with van der Waals surface area (Å²) in [6.45, 7) is 7.26. The molecule has 0 amide bonds. The molecule has 20 heavy (non-hydrogen) atoms. The molecule has 1 aromatic heterocycles. The number of aryl methyl sites for hydroxylation is 1. The summed E-state index contributed by atoms with van der Waals surface area (Å²) in [5.41, 5.74) is -0.686. The first-order chi connectivity index (χ1) is 9.46. The number of aromatic nitrogens is 3. The van der Waals surface area contributed by atoms with Gasteiger partial charge in [-0.2, -0.15) is 5.10 Å². The third kappa shape index (κ3) is 3.02. The minimum atomic E-state index is -0.568. The molecule has 2 saturated heterocycles. The fourth-order valence-electron chi connectivity index (χ4n) is 3.42. The van der Waals surface area contributed by atoms with Crippen LogP contribution in [0.1, 0.15) is 44.3 Å². The summed E-state index contributed by atoms with van der Waals surface area (Å²) in [4.78, 5) is 6.71. The number of H-pyrrole nitrogens is 1. The molecule has 0 aromatic carbocycles. The molecule has 1 aromatic rings. The van der Waals surface area contributed by atoms with Gasteiger partial charge < -0.3 is 9.84 Å². The molecule has 1 atom stereocenters. The monoisotopic (exact) mass is 280 g/mol. The molecule has 2 fully saturated rings. The van der Waals surface area contributed by atoms with Crippen LogP contribution in [0, 0.1) is 6.92 Å². The van der Waals surface area contributed by atoms with E-state index in [1.165, 1.54) is 0 Å². The highest BCUT2D eigenvalue weighted by atomic mass is 16.5. The highest BCUT2D eigenvalue weighted by Gasteiger charge is 2.44. The molecular weight excluding hydrogens is 256 g/mol. The van der Waals surface area contributed by atoms with Crippen molar-refractivity contribution in [2.24, 2.45) is 0 Å². The van der Waals surface area contributed by atoms with Gasteiger partial charge in [-0.25, -0.2) is 4.98 Å². The predicted octanol–water partition coefficient (Wildman–Crippen LogP) is 1.01. The molecule has 2 aliphatic heterocycles. The SMILES string of the molecule is Cc1nc(CN2CCC3(CC2)CC(C)(O)CCO3)n[nH]1. The van der Waals surface area contributed by atoms with Crippen LogP contribution in [0.5, 0.6) is 0 Å². The van der Waals surface area contributed by atoms with Gasteiger partial charge >= 0.3 is 0 Å². The molecule has 3 heterocycles. The van der Waals surface area contributed by atoms with Crippen LogP contribution in [0.2, 0.25) is 0 Å². The van der Waals surface area contributed by atoms with Gasteiger partial charge in [0, 0.05) is 19.5 Å². The zero-order valence-corrected chi connectivity index (χ0v) is 12.4. The third-order valence-corrected chi connectivity index (χ3v) is 4.53. The lowest BCUT2D eigenvalue weighted by Gasteiger charge is -2.48. The number of aromatic amines is 1. The van der Waals surface area contributed by atoms with Crippen molar-refractivity contribution in [1.82, 2.24) is 20.1 Å². The lowest BCUT2D eigenvalue weighted by molar-refractivity contribution is -0.173. The van der Waals surface area contributed by atoms with E-state index in [2.05, 4.69) is 20.1 Å². The van der Waals surface area contributed by atoms with Gasteiger partial charge in [-0.1, -0.05) is 0 Å². The van der Waals surface area contributed by atoms with Gasteiger partial charge in [0.1, 0.15) is 5.82 Å². The van der Waals surface area contributed by atoms with Gasteiger partial charge in [0.15, 0.2) is 5.82 Å². The van der Waals surface area contributed by atoms with Gasteiger partial charge in [0.2, 0.25) is 0 Å². The van der Waals surface area contributed by atoms with Gasteiger partial charge in [0.25, 0.3) is 0 Å². The van der Waals surface area contributed by atoms with Gasteiger partial charge in [-0.15, -0.1) is 0 Å². The van der Waals surface area contributed by atoms with E-state index in [1.54, 1.807) is 0 Å². The Morgan fingerprint density at radius 3 is 2.70 bits per heavy atom. The van der Waals surface area contributed by atoms with Crippen molar-refractivity contribution in [2.75, 3.05) is 19.7 Å². The lowest BCUT2D eigenvalue weighted by atomic mass is 9.78. The van der Waals surface area contributed by atoms with Crippen molar-refractivity contribution in [3.05, 3.63) is 11.6 Å². The fourth-order valence-corrected chi connectivity index (χ4v) is 3.42. The first-order valence-electron chi connectivity index (χ1n) is 7.43. The number of aliphatic hydroxyl groups is 1. The van der Waals surface area contributed by atoms with E-state index in [0.29, 0.717) is 6.61 Å². The minimum absolute atomic E-state index is 0.118. The number of piperidine rings is 1. The molecule has 1 unspecified atom stereocenters. The molecule has 0 bridgehead atoms. The molecule has 112 valence electrons. The van der Waals surface area contributed by atoms with Crippen molar-refractivity contribution in [3.63, 3.8) is 0 Å². The molecule has 6 heteroatoms. The molecule has 6 nitrogen and oxygen atoms in total. The molecule has 0 saturated carbocycles. The largest absolute Gasteiger partial charge is 0.390 e. The summed E-state index contributed by atoms with van der Waals surface area (Å²) in [6, 6.07) is 0. The Morgan fingerprint density at radius 1 is 1.35 bits per heavy atom. The third-order valence-electron chi connectivity index (χ3n) is 4.53. The summed E-state index contributed by atoms with van der Waals surface area (Å²) in [5.74, 6) is 1.72. The Balaban J connectivity index is 1.56. The van der Waals surface area contributed by atoms with Crippen molar-refractivity contribution >= 4 is 0 Å². The summed E-state index contributed by atoms with van der Waals surface area (Å²) < 4.78 is 6.02. The zero-order chi connectivity index (χ0) is 14.2. The van der Waals surface area contributed by atoms with E-state index < -0.39 is 5.60 Å². The second-order valence-corrected chi connectivity index (χ2v) is 6.57. The summed E-state index contributed by atoms with van der Waals surface area (Å²) >= 11 is 0. The molecule has 2 N–H and O–H groups in total. The Kier molecular flexibility index (Phi) is 3.56. The van der Waals surface area contributed by atoms with Crippen LogP contribution < -0.4 is 0 Å². The maximum absolute atomic E-state index is 10.3. The lowest BCUT2D eigenvalue weighted by Crippen LogP contribution is -2.53. The number of hydrogen-bond donors (Lipinski definition) is 2. The molecule has 0 radical (unpaired) electrons. The number of nitrogens with one attached hydrogen (secondary N) is 1. The summed E-state index contributed by atoms with van der Waals surface area (Å²) in [6.07, 6.45) is 3.46. The van der Waals surface area contributed by atoms with E-state index in [-0.39, 0.29) is 5.60 Å². The van der Waals surface area contributed by atoms with Crippen molar-refractivity contribution < 1.29 is 9.84 Å². The fraction of sp³-hybridized carbons (Fsp3) is 0.857. The number of likely N-dealkylation sites (tertiary alicyclic amines) is 1. The predicted molar refractivity (Wildman–Crippen MR) is 74.2 cm³/mol. The zero-order valence-electron chi connectivity index (χ0n) is 12.4. The van der Waals surface area contributed by atoms with Crippen LogP contribution in [-0.2, 0) is 11.3 Å². The minimum Gasteiger partial charge on any atom is -0.390 e. The van der Waals surface area contributed by atoms with Crippen LogP contribution in [0.4, 0.5) is 0 Å². The van der Waals surface area contributed by atoms with E-state index in [9.17, 15) is 5.11 Å². The van der Waals surface area contributed by atoms with Gasteiger partial charge in [-0.05, 0) is 33.1 Å². The van der Waals surface area contributed by atoms with Crippen molar-refractivity contribution in [3.8, 4) is 0 Å². The summed E-state index contributed by atoms with van der Waals surface area (Å²) in [5, 5.41) is 17.3. The van der Waals surface area contributed by atoms with Crippen molar-refractivity contribution in [2.45, 2.75) is 57.3 Å². The van der Waals surface area contributed by atoms with Crippen molar-refractivity contribution in [1.29, 1.82) is 0 Å². The maximum Gasteiger partial charge on any atom is 0.164 e. The summed E-state index contributed by atoms with van der Waals surface area (Å²) in [7, 11) is 0.